The third kappa shape index (κ3) is 2.86. The average Bonchev–Trinajstić information content (AvgIpc) is 3.24. The molecule has 2 aromatic carbocycles. The maximum atomic E-state index is 11.2. The number of aromatic amines is 1. The Balaban J connectivity index is 1.93. The summed E-state index contributed by atoms with van der Waals surface area (Å²) in [5.74, 6) is 0.490. The van der Waals surface area contributed by atoms with Crippen LogP contribution < -0.4 is 5.73 Å². The largest absolute Gasteiger partial charge is 0.369 e. The number of para-hydroxylation sites is 2. The number of aryl methyl sites for hydroxylation is 1. The molecule has 0 bridgehead atoms. The van der Waals surface area contributed by atoms with Gasteiger partial charge in [-0.3, -0.25) is 9.36 Å². The van der Waals surface area contributed by atoms with E-state index in [1.807, 2.05) is 66.2 Å². The molecule has 2 aromatic heterocycles. The molecule has 4 rings (SSSR count). The van der Waals surface area contributed by atoms with Crippen LogP contribution in [0.3, 0.4) is 0 Å². The second-order valence-electron chi connectivity index (χ2n) is 5.93. The minimum absolute atomic E-state index is 0.151. The molecule has 0 atom stereocenters. The lowest BCUT2D eigenvalue weighted by molar-refractivity contribution is -0.115. The van der Waals surface area contributed by atoms with Gasteiger partial charge >= 0.3 is 0 Å². The number of H-pyrrole nitrogens is 1. The summed E-state index contributed by atoms with van der Waals surface area (Å²) in [6, 6.07) is 16.1. The predicted octanol–water partition coefficient (Wildman–Crippen LogP) is 3.30. The first-order valence-corrected chi connectivity index (χ1v) is 9.12. The SMILES string of the molecule is Cc1ccccc1-n1c(SCC(N)=O)nnc1-c1c[nH]c2ccccc12. The molecule has 0 saturated heterocycles. The van der Waals surface area contributed by atoms with E-state index < -0.39 is 0 Å². The van der Waals surface area contributed by atoms with Crippen molar-refractivity contribution in [3.63, 3.8) is 0 Å². The van der Waals surface area contributed by atoms with E-state index in [1.54, 1.807) is 0 Å². The fourth-order valence-electron chi connectivity index (χ4n) is 2.96. The van der Waals surface area contributed by atoms with E-state index in [2.05, 4.69) is 15.2 Å². The van der Waals surface area contributed by atoms with Crippen LogP contribution in [0.1, 0.15) is 5.56 Å². The highest BCUT2D eigenvalue weighted by molar-refractivity contribution is 7.99. The van der Waals surface area contributed by atoms with Crippen molar-refractivity contribution >= 4 is 28.6 Å². The summed E-state index contributed by atoms with van der Waals surface area (Å²) < 4.78 is 1.98. The van der Waals surface area contributed by atoms with Gasteiger partial charge in [-0.2, -0.15) is 0 Å². The summed E-state index contributed by atoms with van der Waals surface area (Å²) in [4.78, 5) is 14.5. The Morgan fingerprint density at radius 3 is 2.73 bits per heavy atom. The number of nitrogens with two attached hydrogens (primary N) is 1. The zero-order valence-electron chi connectivity index (χ0n) is 14.1. The molecule has 0 radical (unpaired) electrons. The lowest BCUT2D eigenvalue weighted by Gasteiger charge is -2.12. The summed E-state index contributed by atoms with van der Waals surface area (Å²) >= 11 is 1.29. The van der Waals surface area contributed by atoms with Gasteiger partial charge in [0, 0.05) is 22.7 Å². The van der Waals surface area contributed by atoms with Crippen LogP contribution in [-0.2, 0) is 4.79 Å². The fourth-order valence-corrected chi connectivity index (χ4v) is 3.65. The highest BCUT2D eigenvalue weighted by Gasteiger charge is 2.20. The first-order chi connectivity index (χ1) is 12.6. The number of hydrogen-bond acceptors (Lipinski definition) is 4. The quantitative estimate of drug-likeness (QED) is 0.532. The molecule has 1 amide bonds. The van der Waals surface area contributed by atoms with Crippen molar-refractivity contribution in [2.45, 2.75) is 12.1 Å². The zero-order valence-corrected chi connectivity index (χ0v) is 15.0. The first kappa shape index (κ1) is 16.4. The molecule has 7 heteroatoms. The number of carbonyl (C=O) groups is 1. The van der Waals surface area contributed by atoms with E-state index in [9.17, 15) is 4.79 Å². The number of nitrogens with zero attached hydrogens (tertiary/aromatic N) is 3. The molecule has 0 saturated carbocycles. The zero-order chi connectivity index (χ0) is 18.1. The molecule has 0 unspecified atom stereocenters. The Labute approximate surface area is 154 Å². The van der Waals surface area contributed by atoms with Gasteiger partial charge in [0.25, 0.3) is 0 Å². The molecule has 0 aliphatic rings. The number of carbonyl (C=O) groups excluding carboxylic acids is 1. The average molecular weight is 363 g/mol. The summed E-state index contributed by atoms with van der Waals surface area (Å²) in [6.07, 6.45) is 1.94. The van der Waals surface area contributed by atoms with Gasteiger partial charge in [-0.15, -0.1) is 10.2 Å². The monoisotopic (exact) mass is 363 g/mol. The van der Waals surface area contributed by atoms with Gasteiger partial charge < -0.3 is 10.7 Å². The van der Waals surface area contributed by atoms with Crippen molar-refractivity contribution in [1.82, 2.24) is 19.7 Å². The molecule has 0 aliphatic carbocycles. The number of primary amides is 1. The molecule has 6 nitrogen and oxygen atoms in total. The molecule has 0 fully saturated rings. The van der Waals surface area contributed by atoms with E-state index >= 15 is 0 Å². The minimum Gasteiger partial charge on any atom is -0.369 e. The van der Waals surface area contributed by atoms with Crippen molar-refractivity contribution in [1.29, 1.82) is 0 Å². The molecular formula is C19H17N5OS. The predicted molar refractivity (Wildman–Crippen MR) is 103 cm³/mol. The Kier molecular flexibility index (Phi) is 4.22. The number of nitrogens with one attached hydrogen (secondary N) is 1. The second kappa shape index (κ2) is 6.68. The van der Waals surface area contributed by atoms with Gasteiger partial charge in [-0.25, -0.2) is 0 Å². The van der Waals surface area contributed by atoms with Crippen molar-refractivity contribution < 1.29 is 4.79 Å². The maximum Gasteiger partial charge on any atom is 0.227 e. The second-order valence-corrected chi connectivity index (χ2v) is 6.87. The molecule has 0 spiro atoms. The number of benzene rings is 2. The number of amides is 1. The summed E-state index contributed by atoms with van der Waals surface area (Å²) in [6.45, 7) is 2.04. The fraction of sp³-hybridized carbons (Fsp3) is 0.105. The van der Waals surface area contributed by atoms with Gasteiger partial charge in [0.05, 0.1) is 11.4 Å². The molecule has 26 heavy (non-hydrogen) atoms. The Bertz CT molecular complexity index is 1100. The molecular weight excluding hydrogens is 346 g/mol. The van der Waals surface area contributed by atoms with Gasteiger partial charge in [-0.05, 0) is 24.6 Å². The number of rotatable bonds is 5. The molecule has 4 aromatic rings. The Hall–Kier alpha value is -3.06. The van der Waals surface area contributed by atoms with Crippen LogP contribution in [0.15, 0.2) is 59.9 Å². The molecule has 3 N–H and O–H groups in total. The smallest absolute Gasteiger partial charge is 0.227 e. The lowest BCUT2D eigenvalue weighted by Crippen LogP contribution is -2.13. The van der Waals surface area contributed by atoms with E-state index in [0.29, 0.717) is 5.16 Å². The van der Waals surface area contributed by atoms with E-state index in [0.717, 1.165) is 33.5 Å². The van der Waals surface area contributed by atoms with Gasteiger partial charge in [0.2, 0.25) is 5.91 Å². The third-order valence-corrected chi connectivity index (χ3v) is 5.11. The highest BCUT2D eigenvalue weighted by atomic mass is 32.2. The molecule has 2 heterocycles. The summed E-state index contributed by atoms with van der Waals surface area (Å²) in [7, 11) is 0. The first-order valence-electron chi connectivity index (χ1n) is 8.14. The van der Waals surface area contributed by atoms with Crippen LogP contribution in [0.2, 0.25) is 0 Å². The van der Waals surface area contributed by atoms with Gasteiger partial charge in [-0.1, -0.05) is 48.2 Å². The number of hydrogen-bond donors (Lipinski definition) is 2. The van der Waals surface area contributed by atoms with Crippen LogP contribution >= 0.6 is 11.8 Å². The van der Waals surface area contributed by atoms with Crippen LogP contribution in [-0.4, -0.2) is 31.4 Å². The summed E-state index contributed by atoms with van der Waals surface area (Å²) in [5, 5.41) is 10.5. The van der Waals surface area contributed by atoms with Gasteiger partial charge in [0.1, 0.15) is 0 Å². The standard InChI is InChI=1S/C19H17N5OS/c1-12-6-2-5-9-16(12)24-18(22-23-19(24)26-11-17(20)25)14-10-21-15-8-4-3-7-13(14)15/h2-10,21H,11H2,1H3,(H2,20,25). The highest BCUT2D eigenvalue weighted by Crippen LogP contribution is 2.33. The number of fused-ring (bicyclic) bond motifs is 1. The van der Waals surface area contributed by atoms with Crippen molar-refractivity contribution in [2.24, 2.45) is 5.73 Å². The minimum atomic E-state index is -0.386. The van der Waals surface area contributed by atoms with Crippen LogP contribution in [0.5, 0.6) is 0 Å². The third-order valence-electron chi connectivity index (χ3n) is 4.16. The van der Waals surface area contributed by atoms with E-state index in [1.165, 1.54) is 11.8 Å². The van der Waals surface area contributed by atoms with Crippen molar-refractivity contribution in [2.75, 3.05) is 5.75 Å². The lowest BCUT2D eigenvalue weighted by atomic mass is 10.1. The Morgan fingerprint density at radius 1 is 1.15 bits per heavy atom. The maximum absolute atomic E-state index is 11.2. The topological polar surface area (TPSA) is 89.6 Å². The molecule has 130 valence electrons. The number of thioether (sulfide) groups is 1. The van der Waals surface area contributed by atoms with Crippen LogP contribution in [0, 0.1) is 6.92 Å². The normalized spacial score (nSPS) is 11.1. The van der Waals surface area contributed by atoms with Crippen LogP contribution in [0.4, 0.5) is 0 Å². The molecule has 0 aliphatic heterocycles. The summed E-state index contributed by atoms with van der Waals surface area (Å²) in [5.41, 5.74) is 9.38. The Morgan fingerprint density at radius 2 is 1.92 bits per heavy atom. The van der Waals surface area contributed by atoms with Crippen molar-refractivity contribution in [3.8, 4) is 17.1 Å². The van der Waals surface area contributed by atoms with Crippen molar-refractivity contribution in [3.05, 3.63) is 60.3 Å². The number of aromatic nitrogens is 4. The van der Waals surface area contributed by atoms with E-state index in [-0.39, 0.29) is 11.7 Å². The van der Waals surface area contributed by atoms with E-state index in [4.69, 9.17) is 5.73 Å². The van der Waals surface area contributed by atoms with Gasteiger partial charge in [0.15, 0.2) is 11.0 Å². The van der Waals surface area contributed by atoms with Crippen LogP contribution in [0.25, 0.3) is 28.0 Å².